The van der Waals surface area contributed by atoms with Gasteiger partial charge < -0.3 is 24.1 Å². The number of rotatable bonds is 6. The number of furan rings is 1. The van der Waals surface area contributed by atoms with E-state index in [1.54, 1.807) is 25.4 Å². The van der Waals surface area contributed by atoms with Gasteiger partial charge in [0.2, 0.25) is 0 Å². The van der Waals surface area contributed by atoms with Crippen LogP contribution in [0.1, 0.15) is 18.6 Å². The zero-order valence-corrected chi connectivity index (χ0v) is 14.0. The molecule has 1 aromatic carbocycles. The van der Waals surface area contributed by atoms with Crippen molar-refractivity contribution in [2.45, 2.75) is 25.5 Å². The topological polar surface area (TPSA) is 63.9 Å². The van der Waals surface area contributed by atoms with Gasteiger partial charge in [0.15, 0.2) is 0 Å². The van der Waals surface area contributed by atoms with Crippen LogP contribution >= 0.6 is 0 Å². The Morgan fingerprint density at radius 3 is 3.04 bits per heavy atom. The summed E-state index contributed by atoms with van der Waals surface area (Å²) in [5.74, 6) is 0.622. The number of urea groups is 1. The highest BCUT2D eigenvalue weighted by molar-refractivity contribution is 5.90. The van der Waals surface area contributed by atoms with Gasteiger partial charge in [-0.25, -0.2) is 9.18 Å². The van der Waals surface area contributed by atoms with Crippen molar-refractivity contribution in [2.75, 3.05) is 25.6 Å². The Labute approximate surface area is 145 Å². The van der Waals surface area contributed by atoms with Gasteiger partial charge in [-0.2, -0.15) is 0 Å². The second-order valence-electron chi connectivity index (χ2n) is 5.95. The molecule has 134 valence electrons. The molecule has 6 nitrogen and oxygen atoms in total. The van der Waals surface area contributed by atoms with Gasteiger partial charge in [0.05, 0.1) is 24.6 Å². The average Bonchev–Trinajstić information content (AvgIpc) is 3.27. The molecule has 25 heavy (non-hydrogen) atoms. The number of carbonyl (C=O) groups is 1. The van der Waals surface area contributed by atoms with E-state index in [1.165, 1.54) is 23.1 Å². The standard InChI is InChI=1S/C18H21FN2O4/c1-21(11-14-4-2-8-23-14)18(22)20-16-10-13(19)6-7-17(16)25-12-15-5-3-9-24-15/h2,4,6-8,10,15H,3,5,9,11-12H2,1H3,(H,20,22)/t15-/m1/s1. The molecule has 0 spiro atoms. The Morgan fingerprint density at radius 1 is 1.44 bits per heavy atom. The van der Waals surface area contributed by atoms with Gasteiger partial charge in [-0.15, -0.1) is 0 Å². The lowest BCUT2D eigenvalue weighted by Crippen LogP contribution is -2.31. The summed E-state index contributed by atoms with van der Waals surface area (Å²) in [5, 5.41) is 2.68. The second kappa shape index (κ2) is 8.02. The molecule has 0 radical (unpaired) electrons. The van der Waals surface area contributed by atoms with Crippen molar-refractivity contribution in [1.29, 1.82) is 0 Å². The van der Waals surface area contributed by atoms with Crippen molar-refractivity contribution in [1.82, 2.24) is 4.90 Å². The third-order valence-corrected chi connectivity index (χ3v) is 3.95. The Balaban J connectivity index is 1.63. The normalized spacial score (nSPS) is 16.6. The van der Waals surface area contributed by atoms with Crippen LogP contribution in [0.15, 0.2) is 41.0 Å². The first kappa shape index (κ1) is 17.3. The maximum absolute atomic E-state index is 13.6. The largest absolute Gasteiger partial charge is 0.489 e. The third-order valence-electron chi connectivity index (χ3n) is 3.95. The molecule has 2 amide bonds. The number of halogens is 1. The van der Waals surface area contributed by atoms with Gasteiger partial charge in [-0.1, -0.05) is 0 Å². The van der Waals surface area contributed by atoms with Gasteiger partial charge in [0.25, 0.3) is 0 Å². The maximum atomic E-state index is 13.6. The lowest BCUT2D eigenvalue weighted by Gasteiger charge is -2.19. The first-order valence-corrected chi connectivity index (χ1v) is 8.20. The summed E-state index contributed by atoms with van der Waals surface area (Å²) in [4.78, 5) is 13.8. The van der Waals surface area contributed by atoms with Crippen molar-refractivity contribution >= 4 is 11.7 Å². The van der Waals surface area contributed by atoms with Gasteiger partial charge >= 0.3 is 6.03 Å². The average molecular weight is 348 g/mol. The summed E-state index contributed by atoms with van der Waals surface area (Å²) in [6.45, 7) is 1.41. The molecular weight excluding hydrogens is 327 g/mol. The van der Waals surface area contributed by atoms with E-state index in [0.717, 1.165) is 19.4 Å². The van der Waals surface area contributed by atoms with Crippen LogP contribution in [-0.2, 0) is 11.3 Å². The van der Waals surface area contributed by atoms with E-state index >= 15 is 0 Å². The lowest BCUT2D eigenvalue weighted by atomic mass is 10.2. The van der Waals surface area contributed by atoms with Gasteiger partial charge in [-0.05, 0) is 37.1 Å². The first-order chi connectivity index (χ1) is 12.1. The Kier molecular flexibility index (Phi) is 5.55. The fourth-order valence-electron chi connectivity index (χ4n) is 2.60. The molecule has 1 aliphatic rings. The van der Waals surface area contributed by atoms with E-state index in [0.29, 0.717) is 24.7 Å². The minimum atomic E-state index is -0.451. The molecular formula is C18H21FN2O4. The van der Waals surface area contributed by atoms with Crippen LogP contribution in [0, 0.1) is 5.82 Å². The van der Waals surface area contributed by atoms with Crippen molar-refractivity contribution in [2.24, 2.45) is 0 Å². The van der Waals surface area contributed by atoms with Crippen LogP contribution in [-0.4, -0.2) is 37.3 Å². The number of nitrogens with one attached hydrogen (secondary N) is 1. The number of carbonyl (C=O) groups excluding carboxylic acids is 1. The Morgan fingerprint density at radius 2 is 2.32 bits per heavy atom. The molecule has 1 saturated heterocycles. The number of benzene rings is 1. The van der Waals surface area contributed by atoms with Crippen molar-refractivity contribution in [3.05, 3.63) is 48.2 Å². The fraction of sp³-hybridized carbons (Fsp3) is 0.389. The third kappa shape index (κ3) is 4.73. The molecule has 0 saturated carbocycles. The van der Waals surface area contributed by atoms with Crippen LogP contribution in [0.25, 0.3) is 0 Å². The maximum Gasteiger partial charge on any atom is 0.322 e. The highest BCUT2D eigenvalue weighted by atomic mass is 19.1. The predicted molar refractivity (Wildman–Crippen MR) is 90.1 cm³/mol. The quantitative estimate of drug-likeness (QED) is 0.866. The molecule has 0 aliphatic carbocycles. The highest BCUT2D eigenvalue weighted by Gasteiger charge is 2.18. The smallest absolute Gasteiger partial charge is 0.322 e. The van der Waals surface area contributed by atoms with Gasteiger partial charge in [0, 0.05) is 19.7 Å². The molecule has 0 bridgehead atoms. The van der Waals surface area contributed by atoms with Crippen LogP contribution in [0.3, 0.4) is 0 Å². The van der Waals surface area contributed by atoms with Crippen LogP contribution < -0.4 is 10.1 Å². The first-order valence-electron chi connectivity index (χ1n) is 8.20. The van der Waals surface area contributed by atoms with Gasteiger partial charge in [-0.3, -0.25) is 0 Å². The number of anilines is 1. The minimum absolute atomic E-state index is 0.0373. The van der Waals surface area contributed by atoms with Crippen molar-refractivity contribution in [3.8, 4) is 5.75 Å². The molecule has 2 heterocycles. The van der Waals surface area contributed by atoms with Crippen molar-refractivity contribution in [3.63, 3.8) is 0 Å². The van der Waals surface area contributed by atoms with E-state index in [2.05, 4.69) is 5.32 Å². The number of hydrogen-bond acceptors (Lipinski definition) is 4. The van der Waals surface area contributed by atoms with Gasteiger partial charge in [0.1, 0.15) is 23.9 Å². The summed E-state index contributed by atoms with van der Waals surface area (Å²) in [5.41, 5.74) is 0.286. The highest BCUT2D eigenvalue weighted by Crippen LogP contribution is 2.27. The SMILES string of the molecule is CN(Cc1ccco1)C(=O)Nc1cc(F)ccc1OC[C@H]1CCCO1. The fourth-order valence-corrected chi connectivity index (χ4v) is 2.60. The van der Waals surface area contributed by atoms with E-state index in [-0.39, 0.29) is 17.8 Å². The molecule has 0 unspecified atom stereocenters. The monoisotopic (exact) mass is 348 g/mol. The number of amides is 2. The number of ether oxygens (including phenoxy) is 2. The number of nitrogens with zero attached hydrogens (tertiary/aromatic N) is 1. The lowest BCUT2D eigenvalue weighted by molar-refractivity contribution is 0.0682. The van der Waals surface area contributed by atoms with Crippen LogP contribution in [0.4, 0.5) is 14.9 Å². The zero-order chi connectivity index (χ0) is 17.6. The minimum Gasteiger partial charge on any atom is -0.489 e. The summed E-state index contributed by atoms with van der Waals surface area (Å²) in [7, 11) is 1.63. The van der Waals surface area contributed by atoms with E-state index in [1.807, 2.05) is 0 Å². The Hall–Kier alpha value is -2.54. The molecule has 7 heteroatoms. The Bertz CT molecular complexity index is 699. The van der Waals surface area contributed by atoms with E-state index in [9.17, 15) is 9.18 Å². The summed E-state index contributed by atoms with van der Waals surface area (Å²) in [6, 6.07) is 7.19. The van der Waals surface area contributed by atoms with Crippen LogP contribution in [0.5, 0.6) is 5.75 Å². The molecule has 1 aliphatic heterocycles. The van der Waals surface area contributed by atoms with E-state index in [4.69, 9.17) is 13.9 Å². The summed E-state index contributed by atoms with van der Waals surface area (Å²) < 4.78 is 30.0. The van der Waals surface area contributed by atoms with Crippen LogP contribution in [0.2, 0.25) is 0 Å². The zero-order valence-electron chi connectivity index (χ0n) is 14.0. The van der Waals surface area contributed by atoms with E-state index < -0.39 is 5.82 Å². The number of hydrogen-bond donors (Lipinski definition) is 1. The molecule has 3 rings (SSSR count). The van der Waals surface area contributed by atoms with Crippen molar-refractivity contribution < 1.29 is 23.1 Å². The molecule has 1 atom stereocenters. The second-order valence-corrected chi connectivity index (χ2v) is 5.95. The molecule has 1 fully saturated rings. The predicted octanol–water partition coefficient (Wildman–Crippen LogP) is 3.64. The molecule has 2 aromatic rings. The summed E-state index contributed by atoms with van der Waals surface area (Å²) in [6.07, 6.45) is 3.54. The molecule has 1 aromatic heterocycles. The summed E-state index contributed by atoms with van der Waals surface area (Å²) >= 11 is 0. The molecule has 1 N–H and O–H groups in total.